The van der Waals surface area contributed by atoms with E-state index in [-0.39, 0.29) is 18.8 Å². The van der Waals surface area contributed by atoms with Crippen LogP contribution in [0.3, 0.4) is 0 Å². The number of carbonyl (C=O) groups is 4. The van der Waals surface area contributed by atoms with E-state index in [4.69, 9.17) is 16.7 Å². The van der Waals surface area contributed by atoms with Crippen LogP contribution in [0.4, 0.5) is 5.69 Å². The van der Waals surface area contributed by atoms with Gasteiger partial charge in [-0.25, -0.2) is 0 Å². The van der Waals surface area contributed by atoms with Crippen molar-refractivity contribution in [3.63, 3.8) is 0 Å². The third-order valence-electron chi connectivity index (χ3n) is 14.3. The molecule has 5 heterocycles. The topological polar surface area (TPSA) is 155 Å². The smallest absolute Gasteiger partial charge is 0.262 e. The van der Waals surface area contributed by atoms with E-state index in [0.717, 1.165) is 122 Å². The molecule has 3 saturated heterocycles. The van der Waals surface area contributed by atoms with Gasteiger partial charge in [0, 0.05) is 80.2 Å². The lowest BCUT2D eigenvalue weighted by Crippen LogP contribution is -2.56. The SMILES string of the molecule is Cc1c(-c2ccc(C#N)c(Cl)c2)nn(Cc2ccc(C#C[C@H]3CC[C@H](C(O)N4CCN(C5CCN(c6ccc7c(c6)C(=O)N(C6CCC(=O)NC6=O)C7=O)CC5)CC4)CC3)cc2)c1C. The number of amides is 4. The van der Waals surface area contributed by atoms with Crippen molar-refractivity contribution in [3.8, 4) is 29.2 Å². The van der Waals surface area contributed by atoms with Crippen LogP contribution in [0.2, 0.25) is 5.02 Å². The molecule has 2 unspecified atom stereocenters. The Balaban J connectivity index is 0.708. The fraction of sp³-hybridized carbons (Fsp3) is 0.440. The van der Waals surface area contributed by atoms with E-state index in [1.807, 2.05) is 16.8 Å². The van der Waals surface area contributed by atoms with Gasteiger partial charge in [-0.05, 0) is 118 Å². The first-order valence-electron chi connectivity index (χ1n) is 22.6. The van der Waals surface area contributed by atoms with Crippen LogP contribution in [0.1, 0.15) is 100 Å². The Bertz CT molecular complexity index is 2580. The Hall–Kier alpha value is -5.83. The molecule has 0 spiro atoms. The van der Waals surface area contributed by atoms with Crippen LogP contribution in [0, 0.1) is 48.9 Å². The molecule has 1 aliphatic carbocycles. The highest BCUT2D eigenvalue weighted by Crippen LogP contribution is 2.35. The maximum absolute atomic E-state index is 13.4. The average molecular weight is 881 g/mol. The first-order valence-corrected chi connectivity index (χ1v) is 22.9. The maximum atomic E-state index is 13.4. The van der Waals surface area contributed by atoms with E-state index in [2.05, 4.69) is 76.0 Å². The van der Waals surface area contributed by atoms with Crippen LogP contribution >= 0.6 is 11.6 Å². The van der Waals surface area contributed by atoms with Gasteiger partial charge in [0.2, 0.25) is 11.8 Å². The third kappa shape index (κ3) is 8.70. The second-order valence-electron chi connectivity index (χ2n) is 18.0. The molecule has 4 amide bonds. The van der Waals surface area contributed by atoms with Crippen molar-refractivity contribution in [3.05, 3.63) is 105 Å². The van der Waals surface area contributed by atoms with Gasteiger partial charge in [-0.3, -0.25) is 43.9 Å². The highest BCUT2D eigenvalue weighted by molar-refractivity contribution is 6.32. The normalized spacial score (nSPS) is 22.8. The number of nitrogens with one attached hydrogen (secondary N) is 1. The fourth-order valence-corrected chi connectivity index (χ4v) is 10.5. The quantitative estimate of drug-likeness (QED) is 0.162. The molecule has 330 valence electrons. The molecule has 2 atom stereocenters. The summed E-state index contributed by atoms with van der Waals surface area (Å²) in [5.74, 6) is 5.55. The number of benzene rings is 3. The van der Waals surface area contributed by atoms with Gasteiger partial charge >= 0.3 is 0 Å². The minimum Gasteiger partial charge on any atom is -0.378 e. The molecule has 4 aromatic rings. The molecule has 2 N–H and O–H groups in total. The molecule has 5 aliphatic rings. The predicted molar refractivity (Wildman–Crippen MR) is 242 cm³/mol. The largest absolute Gasteiger partial charge is 0.378 e. The molecular weight excluding hydrogens is 828 g/mol. The molecule has 4 aliphatic heterocycles. The van der Waals surface area contributed by atoms with Crippen molar-refractivity contribution in [1.29, 1.82) is 5.26 Å². The number of piperidine rings is 2. The number of hydrogen-bond donors (Lipinski definition) is 2. The molecule has 3 aromatic carbocycles. The summed E-state index contributed by atoms with van der Waals surface area (Å²) in [6, 6.07) is 20.8. The Kier molecular flexibility index (Phi) is 12.4. The molecule has 0 radical (unpaired) electrons. The molecule has 14 heteroatoms. The van der Waals surface area contributed by atoms with Crippen LogP contribution in [-0.2, 0) is 16.1 Å². The lowest BCUT2D eigenvalue weighted by molar-refractivity contribution is -0.136. The summed E-state index contributed by atoms with van der Waals surface area (Å²) in [6.45, 7) is 9.94. The van der Waals surface area contributed by atoms with Crippen molar-refractivity contribution in [2.75, 3.05) is 44.2 Å². The Morgan fingerprint density at radius 2 is 1.56 bits per heavy atom. The number of anilines is 1. The van der Waals surface area contributed by atoms with E-state index in [1.54, 1.807) is 24.3 Å². The average Bonchev–Trinajstić information content (AvgIpc) is 3.74. The summed E-state index contributed by atoms with van der Waals surface area (Å²) in [5.41, 5.74) is 7.99. The number of aliphatic hydroxyl groups is 1. The first-order chi connectivity index (χ1) is 30.9. The number of piperazine rings is 1. The number of halogens is 1. The number of carbonyl (C=O) groups excluding carboxylic acids is 4. The zero-order chi connectivity index (χ0) is 44.6. The highest BCUT2D eigenvalue weighted by atomic mass is 35.5. The number of nitriles is 1. The van der Waals surface area contributed by atoms with Gasteiger partial charge in [0.1, 0.15) is 18.3 Å². The van der Waals surface area contributed by atoms with Crippen molar-refractivity contribution in [1.82, 2.24) is 29.8 Å². The number of rotatable bonds is 8. The number of fused-ring (bicyclic) bond motifs is 1. The van der Waals surface area contributed by atoms with Gasteiger partial charge in [0.25, 0.3) is 11.8 Å². The first kappa shape index (κ1) is 43.4. The van der Waals surface area contributed by atoms with Gasteiger partial charge in [-0.15, -0.1) is 0 Å². The zero-order valence-electron chi connectivity index (χ0n) is 36.4. The molecular formula is C50H53ClN8O5. The predicted octanol–water partition coefficient (Wildman–Crippen LogP) is 5.90. The molecule has 1 saturated carbocycles. The van der Waals surface area contributed by atoms with E-state index >= 15 is 0 Å². The number of aromatic nitrogens is 2. The van der Waals surface area contributed by atoms with E-state index < -0.39 is 35.9 Å². The summed E-state index contributed by atoms with van der Waals surface area (Å²) in [7, 11) is 0. The highest BCUT2D eigenvalue weighted by Gasteiger charge is 2.45. The molecule has 64 heavy (non-hydrogen) atoms. The Labute approximate surface area is 378 Å². The van der Waals surface area contributed by atoms with Gasteiger partial charge < -0.3 is 10.0 Å². The Morgan fingerprint density at radius 1 is 0.844 bits per heavy atom. The number of aliphatic hydroxyl groups excluding tert-OH is 1. The summed E-state index contributed by atoms with van der Waals surface area (Å²) in [5, 5.41) is 28.3. The summed E-state index contributed by atoms with van der Waals surface area (Å²) in [4.78, 5) is 58.8. The van der Waals surface area contributed by atoms with Crippen LogP contribution in [0.5, 0.6) is 0 Å². The molecule has 13 nitrogen and oxygen atoms in total. The summed E-state index contributed by atoms with van der Waals surface area (Å²) >= 11 is 6.31. The Morgan fingerprint density at radius 3 is 2.25 bits per heavy atom. The lowest BCUT2D eigenvalue weighted by atomic mass is 9.81. The van der Waals surface area contributed by atoms with Crippen LogP contribution < -0.4 is 10.2 Å². The zero-order valence-corrected chi connectivity index (χ0v) is 37.1. The van der Waals surface area contributed by atoms with Crippen molar-refractivity contribution in [2.24, 2.45) is 11.8 Å². The van der Waals surface area contributed by atoms with Gasteiger partial charge in [-0.2, -0.15) is 10.4 Å². The number of hydrogen-bond acceptors (Lipinski definition) is 10. The van der Waals surface area contributed by atoms with E-state index in [1.165, 1.54) is 0 Å². The van der Waals surface area contributed by atoms with Crippen LogP contribution in [-0.4, -0.2) is 111 Å². The molecule has 1 aromatic heterocycles. The van der Waals surface area contributed by atoms with Crippen molar-refractivity contribution < 1.29 is 24.3 Å². The summed E-state index contributed by atoms with van der Waals surface area (Å²) in [6.07, 6.45) is 5.66. The number of imide groups is 2. The third-order valence-corrected chi connectivity index (χ3v) is 14.6. The molecule has 9 rings (SSSR count). The van der Waals surface area contributed by atoms with Crippen LogP contribution in [0.25, 0.3) is 11.3 Å². The second-order valence-corrected chi connectivity index (χ2v) is 18.4. The number of nitrogens with zero attached hydrogens (tertiary/aromatic N) is 7. The maximum Gasteiger partial charge on any atom is 0.262 e. The van der Waals surface area contributed by atoms with Crippen molar-refractivity contribution in [2.45, 2.75) is 90.1 Å². The standard InChI is InChI=1S/C50H53ClN8O5/c1-31-32(2)58(54-46(31)37-13-14-38(29-52)43(51)27-37)30-35-7-5-33(6-8-35)3-4-34-9-11-36(12-10-34)48(62)57-25-23-56(24-26-57)39-19-21-55(22-20-39)40-15-16-41-42(28-40)50(64)59(49(41)63)44-17-18-45(60)53-47(44)61/h5-8,13-16,27-28,34,36,39,44,48,62H,9-12,17-26,30H2,1-2H3,(H,53,60,61)/t34-,36-,44?,48?. The van der Waals surface area contributed by atoms with Gasteiger partial charge in [0.05, 0.1) is 34.0 Å². The van der Waals surface area contributed by atoms with Gasteiger partial charge in [-0.1, -0.05) is 41.6 Å². The van der Waals surface area contributed by atoms with E-state index in [0.29, 0.717) is 40.2 Å². The molecule has 0 bridgehead atoms. The summed E-state index contributed by atoms with van der Waals surface area (Å²) < 4.78 is 2.01. The fourth-order valence-electron chi connectivity index (χ4n) is 10.2. The molecule has 4 fully saturated rings. The van der Waals surface area contributed by atoms with E-state index in [9.17, 15) is 29.5 Å². The van der Waals surface area contributed by atoms with Crippen molar-refractivity contribution >= 4 is 40.9 Å². The van der Waals surface area contributed by atoms with Crippen LogP contribution in [0.15, 0.2) is 60.7 Å². The minimum atomic E-state index is -0.973. The lowest BCUT2D eigenvalue weighted by Gasteiger charge is -2.45. The minimum absolute atomic E-state index is 0.0923. The van der Waals surface area contributed by atoms with Gasteiger partial charge in [0.15, 0.2) is 0 Å². The second kappa shape index (κ2) is 18.3. The monoisotopic (exact) mass is 880 g/mol.